The van der Waals surface area contributed by atoms with Crippen molar-refractivity contribution in [1.29, 1.82) is 0 Å². The fourth-order valence-electron chi connectivity index (χ4n) is 6.79. The molecule has 1 fully saturated rings. The molecule has 2 aliphatic rings. The van der Waals surface area contributed by atoms with E-state index < -0.39 is 22.1 Å². The van der Waals surface area contributed by atoms with Crippen LogP contribution in [0.2, 0.25) is 31.9 Å². The number of aryl methyl sites for hydroxylation is 1. The summed E-state index contributed by atoms with van der Waals surface area (Å²) in [6.45, 7) is 18.3. The molecule has 1 saturated heterocycles. The first-order chi connectivity index (χ1) is 20.9. The van der Waals surface area contributed by atoms with Crippen LogP contribution >= 0.6 is 0 Å². The Morgan fingerprint density at radius 3 is 2.25 bits per heavy atom. The van der Waals surface area contributed by atoms with Gasteiger partial charge in [0, 0.05) is 39.1 Å². The van der Waals surface area contributed by atoms with Crippen molar-refractivity contribution < 1.29 is 18.7 Å². The number of carbonyl (C=O) groups excluding carboxylic acids is 1. The third kappa shape index (κ3) is 7.03. The Labute approximate surface area is 263 Å². The average molecular weight is 637 g/mol. The molecule has 5 rings (SSSR count). The predicted molar refractivity (Wildman–Crippen MR) is 182 cm³/mol. The number of benzene rings is 1. The lowest BCUT2D eigenvalue weighted by Crippen LogP contribution is -2.44. The summed E-state index contributed by atoms with van der Waals surface area (Å²) < 4.78 is 17.1. The van der Waals surface area contributed by atoms with Crippen LogP contribution in [-0.2, 0) is 6.42 Å². The van der Waals surface area contributed by atoms with Crippen molar-refractivity contribution in [1.82, 2.24) is 19.8 Å². The fraction of sp³-hybridized carbons (Fsp3) is 0.531. The van der Waals surface area contributed by atoms with Gasteiger partial charge < -0.3 is 34.3 Å². The number of anilines is 2. The Morgan fingerprint density at radius 2 is 1.61 bits per heavy atom. The standard InChI is InChI=1S/C32H48N6O4Si2/c1-22-18-26-27(44(7,8)21-43(26,5)6)20-23(22)19-24-10-11-25(42-24)29(39)34-28-30(40-3)35-32(36-31(28)41-4)33-12-9-13-38-16-14-37(2)15-17-38/h10-11,18,20H,9,12-17,19,21H2,1-8H3,(H,34,39)(H,33,35,36). The van der Waals surface area contributed by atoms with Crippen molar-refractivity contribution in [3.8, 4) is 11.8 Å². The number of aromatic nitrogens is 2. The first-order valence-electron chi connectivity index (χ1n) is 15.6. The van der Waals surface area contributed by atoms with E-state index in [0.717, 1.165) is 44.9 Å². The van der Waals surface area contributed by atoms with Gasteiger partial charge in [-0.2, -0.15) is 9.97 Å². The maximum atomic E-state index is 13.3. The Morgan fingerprint density at radius 1 is 0.977 bits per heavy atom. The summed E-state index contributed by atoms with van der Waals surface area (Å²) >= 11 is 0. The van der Waals surface area contributed by atoms with Gasteiger partial charge in [-0.15, -0.1) is 0 Å². The number of fused-ring (bicyclic) bond motifs is 1. The monoisotopic (exact) mass is 636 g/mol. The van der Waals surface area contributed by atoms with Crippen LogP contribution in [0.25, 0.3) is 0 Å². The van der Waals surface area contributed by atoms with Gasteiger partial charge in [0.1, 0.15) is 5.76 Å². The van der Waals surface area contributed by atoms with Crippen molar-refractivity contribution in [2.75, 3.05) is 71.2 Å². The molecule has 2 aliphatic heterocycles. The molecular weight excluding hydrogens is 589 g/mol. The molecule has 0 unspecified atom stereocenters. The molecule has 0 spiro atoms. The molecule has 0 saturated carbocycles. The minimum atomic E-state index is -1.44. The van der Waals surface area contributed by atoms with Gasteiger partial charge >= 0.3 is 0 Å². The third-order valence-electron chi connectivity index (χ3n) is 9.07. The number of amides is 1. The highest BCUT2D eigenvalue weighted by atomic mass is 28.4. The van der Waals surface area contributed by atoms with Crippen LogP contribution in [0, 0.1) is 6.92 Å². The third-order valence-corrected chi connectivity index (χ3v) is 20.1. The molecule has 1 aromatic carbocycles. The number of furan rings is 1. The number of hydrogen-bond donors (Lipinski definition) is 2. The molecule has 2 N–H and O–H groups in total. The molecule has 12 heteroatoms. The maximum Gasteiger partial charge on any atom is 0.291 e. The van der Waals surface area contributed by atoms with Crippen LogP contribution in [0.1, 0.15) is 33.9 Å². The lowest BCUT2D eigenvalue weighted by molar-refractivity contribution is 0.0994. The lowest BCUT2D eigenvalue weighted by atomic mass is 10.0. The highest BCUT2D eigenvalue weighted by molar-refractivity contribution is 7.14. The lowest BCUT2D eigenvalue weighted by Gasteiger charge is -2.32. The molecule has 0 bridgehead atoms. The molecule has 0 aliphatic carbocycles. The highest BCUT2D eigenvalue weighted by Crippen LogP contribution is 2.33. The SMILES string of the molecule is COc1nc(NCCCN2CCN(C)CC2)nc(OC)c1NC(=O)c1ccc(Cc2cc3c(cc2C)[Si](C)(C)C[Si]3(C)C)o1. The Hall–Kier alpha value is -3.20. The number of methoxy groups -OCH3 is 2. The number of piperazine rings is 1. The minimum absolute atomic E-state index is 0.206. The number of hydrogen-bond acceptors (Lipinski definition) is 9. The highest BCUT2D eigenvalue weighted by Gasteiger charge is 2.44. The summed E-state index contributed by atoms with van der Waals surface area (Å²) in [5.74, 6) is 1.35. The number of nitrogens with zero attached hydrogens (tertiary/aromatic N) is 4. The van der Waals surface area contributed by atoms with Gasteiger partial charge in [0.15, 0.2) is 11.4 Å². The van der Waals surface area contributed by atoms with Gasteiger partial charge in [-0.1, -0.05) is 54.4 Å². The van der Waals surface area contributed by atoms with Gasteiger partial charge in [-0.3, -0.25) is 4.79 Å². The first-order valence-corrected chi connectivity index (χ1v) is 22.0. The fourth-order valence-corrected chi connectivity index (χ4v) is 22.0. The summed E-state index contributed by atoms with van der Waals surface area (Å²) in [4.78, 5) is 27.1. The van der Waals surface area contributed by atoms with Gasteiger partial charge in [0.25, 0.3) is 5.91 Å². The van der Waals surface area contributed by atoms with E-state index in [1.807, 2.05) is 6.07 Å². The van der Waals surface area contributed by atoms with Crippen LogP contribution < -0.4 is 30.5 Å². The van der Waals surface area contributed by atoms with Crippen molar-refractivity contribution in [2.24, 2.45) is 0 Å². The average Bonchev–Trinajstić information content (AvgIpc) is 3.51. The van der Waals surface area contributed by atoms with Crippen molar-refractivity contribution >= 4 is 44.1 Å². The van der Waals surface area contributed by atoms with E-state index in [-0.39, 0.29) is 23.2 Å². The van der Waals surface area contributed by atoms with Crippen LogP contribution in [0.4, 0.5) is 11.6 Å². The van der Waals surface area contributed by atoms with Crippen LogP contribution in [0.3, 0.4) is 0 Å². The molecule has 2 aromatic heterocycles. The molecule has 0 atom stereocenters. The van der Waals surface area contributed by atoms with E-state index in [2.05, 4.69) is 82.7 Å². The normalized spacial score (nSPS) is 17.7. The van der Waals surface area contributed by atoms with E-state index >= 15 is 0 Å². The molecule has 4 heterocycles. The van der Waals surface area contributed by atoms with E-state index in [0.29, 0.717) is 18.9 Å². The van der Waals surface area contributed by atoms with E-state index in [9.17, 15) is 4.79 Å². The largest absolute Gasteiger partial charge is 0.479 e. The minimum Gasteiger partial charge on any atom is -0.479 e. The molecule has 1 amide bonds. The predicted octanol–water partition coefficient (Wildman–Crippen LogP) is 3.67. The molecule has 238 valence electrons. The summed E-state index contributed by atoms with van der Waals surface area (Å²) in [5.41, 5.74) is 4.21. The van der Waals surface area contributed by atoms with Crippen molar-refractivity contribution in [3.05, 3.63) is 46.9 Å². The van der Waals surface area contributed by atoms with E-state index in [1.54, 1.807) is 16.4 Å². The summed E-state index contributed by atoms with van der Waals surface area (Å²) in [7, 11) is 2.35. The van der Waals surface area contributed by atoms with Gasteiger partial charge in [-0.25, -0.2) is 0 Å². The number of nitrogens with one attached hydrogen (secondary N) is 2. The van der Waals surface area contributed by atoms with E-state index in [1.165, 1.54) is 31.0 Å². The van der Waals surface area contributed by atoms with Crippen LogP contribution in [0.5, 0.6) is 11.8 Å². The van der Waals surface area contributed by atoms with Crippen LogP contribution in [0.15, 0.2) is 28.7 Å². The van der Waals surface area contributed by atoms with Gasteiger partial charge in [0.2, 0.25) is 17.7 Å². The number of rotatable bonds is 11. The number of ether oxygens (including phenoxy) is 2. The molecule has 0 radical (unpaired) electrons. The topological polar surface area (TPSA) is 105 Å². The summed E-state index contributed by atoms with van der Waals surface area (Å²) in [6, 6.07) is 8.44. The molecule has 44 heavy (non-hydrogen) atoms. The van der Waals surface area contributed by atoms with Crippen molar-refractivity contribution in [3.63, 3.8) is 0 Å². The van der Waals surface area contributed by atoms with Crippen LogP contribution in [-0.4, -0.2) is 102 Å². The quantitative estimate of drug-likeness (QED) is 0.241. The van der Waals surface area contributed by atoms with Gasteiger partial charge in [0.05, 0.1) is 30.4 Å². The Kier molecular flexibility index (Phi) is 9.54. The smallest absolute Gasteiger partial charge is 0.291 e. The van der Waals surface area contributed by atoms with Gasteiger partial charge in [-0.05, 0) is 50.2 Å². The Balaban J connectivity index is 1.23. The van der Waals surface area contributed by atoms with Crippen molar-refractivity contribution in [2.45, 2.75) is 51.6 Å². The number of likely N-dealkylation sites (N-methyl/N-ethyl adjacent to an activating group) is 1. The summed E-state index contributed by atoms with van der Waals surface area (Å²) in [6.07, 6.45) is 1.60. The first kappa shape index (κ1) is 32.2. The zero-order chi connectivity index (χ0) is 31.6. The zero-order valence-electron chi connectivity index (χ0n) is 27.6. The second-order valence-electron chi connectivity index (χ2n) is 13.5. The second kappa shape index (κ2) is 13.0. The second-order valence-corrected chi connectivity index (χ2v) is 23.6. The number of carbonyl (C=O) groups is 1. The molecule has 10 nitrogen and oxygen atoms in total. The maximum absolute atomic E-state index is 13.3. The zero-order valence-corrected chi connectivity index (χ0v) is 29.6. The Bertz CT molecular complexity index is 1470. The molecular formula is C32H48N6O4Si2. The molecule has 3 aromatic rings. The van der Waals surface area contributed by atoms with E-state index in [4.69, 9.17) is 13.9 Å². The summed E-state index contributed by atoms with van der Waals surface area (Å²) in [5, 5.41) is 9.34.